The number of ether oxygens (including phenoxy) is 1. The van der Waals surface area contributed by atoms with Crippen molar-refractivity contribution in [1.82, 2.24) is 0 Å². The molecule has 0 aromatic heterocycles. The minimum Gasteiger partial charge on any atom is -0.508 e. The Hall–Kier alpha value is -3.28. The Labute approximate surface area is 233 Å². The Morgan fingerprint density at radius 2 is 1.46 bits per heavy atom. The molecule has 0 amide bonds. The summed E-state index contributed by atoms with van der Waals surface area (Å²) in [7, 11) is 1.58. The predicted octanol–water partition coefficient (Wildman–Crippen LogP) is 8.25. The van der Waals surface area contributed by atoms with E-state index in [9.17, 15) is 19.8 Å². The fourth-order valence-corrected chi connectivity index (χ4v) is 4.81. The lowest BCUT2D eigenvalue weighted by atomic mass is 9.99. The molecule has 0 spiro atoms. The van der Waals surface area contributed by atoms with Gasteiger partial charge in [0, 0.05) is 18.9 Å². The van der Waals surface area contributed by atoms with Crippen molar-refractivity contribution >= 4 is 11.8 Å². The molecule has 0 aliphatic heterocycles. The van der Waals surface area contributed by atoms with E-state index in [1.165, 1.54) is 82.8 Å². The topological polar surface area (TPSA) is 104 Å². The van der Waals surface area contributed by atoms with Crippen molar-refractivity contribution in [2.45, 2.75) is 96.3 Å². The molecule has 0 radical (unpaired) electrons. The third-order valence-corrected chi connectivity index (χ3v) is 7.13. The number of ketones is 1. The first kappa shape index (κ1) is 31.9. The second-order valence-corrected chi connectivity index (χ2v) is 10.4. The SMILES string of the molecule is COc1ccc(CC(=O)c2ccc(O)cc2O)cc1.O=C(O)CCCCCCCCCCCCC1C=CCC1. The summed E-state index contributed by atoms with van der Waals surface area (Å²) < 4.78 is 5.04. The van der Waals surface area contributed by atoms with E-state index in [0.29, 0.717) is 6.42 Å². The zero-order valence-corrected chi connectivity index (χ0v) is 23.4. The number of carboxylic acid groups (broad SMARTS) is 1. The van der Waals surface area contributed by atoms with Gasteiger partial charge in [0.05, 0.1) is 12.7 Å². The molecule has 3 N–H and O–H groups in total. The van der Waals surface area contributed by atoms with Crippen molar-refractivity contribution in [3.63, 3.8) is 0 Å². The van der Waals surface area contributed by atoms with Crippen LogP contribution in [-0.4, -0.2) is 34.2 Å². The normalized spacial score (nSPS) is 14.0. The number of hydrogen-bond donors (Lipinski definition) is 3. The molecule has 1 aliphatic carbocycles. The van der Waals surface area contributed by atoms with Gasteiger partial charge in [-0.2, -0.15) is 0 Å². The smallest absolute Gasteiger partial charge is 0.303 e. The van der Waals surface area contributed by atoms with E-state index in [4.69, 9.17) is 9.84 Å². The Balaban J connectivity index is 0.000000274. The molecule has 0 bridgehead atoms. The summed E-state index contributed by atoms with van der Waals surface area (Å²) in [5.74, 6) is 0.474. The number of rotatable bonds is 17. The van der Waals surface area contributed by atoms with Crippen LogP contribution in [0.3, 0.4) is 0 Å². The number of Topliss-reactive ketones (excluding diaryl/α,β-unsaturated/α-hetero) is 1. The zero-order valence-electron chi connectivity index (χ0n) is 23.4. The van der Waals surface area contributed by atoms with Gasteiger partial charge in [0.25, 0.3) is 0 Å². The molecule has 0 heterocycles. The number of carbonyl (C=O) groups excluding carboxylic acids is 1. The van der Waals surface area contributed by atoms with Crippen LogP contribution in [0.15, 0.2) is 54.6 Å². The summed E-state index contributed by atoms with van der Waals surface area (Å²) in [6, 6.07) is 11.1. The molecule has 0 saturated heterocycles. The molecule has 1 unspecified atom stereocenters. The highest BCUT2D eigenvalue weighted by Crippen LogP contribution is 2.25. The summed E-state index contributed by atoms with van der Waals surface area (Å²) in [6.07, 6.45) is 22.1. The van der Waals surface area contributed by atoms with Crippen LogP contribution in [0.25, 0.3) is 0 Å². The summed E-state index contributed by atoms with van der Waals surface area (Å²) in [5.41, 5.74) is 1.03. The number of carbonyl (C=O) groups is 2. The van der Waals surface area contributed by atoms with Gasteiger partial charge in [0.2, 0.25) is 0 Å². The number of unbranched alkanes of at least 4 members (excludes halogenated alkanes) is 9. The Morgan fingerprint density at radius 3 is 2.00 bits per heavy atom. The van der Waals surface area contributed by atoms with Gasteiger partial charge in [-0.3, -0.25) is 9.59 Å². The minimum atomic E-state index is -0.655. The fourth-order valence-electron chi connectivity index (χ4n) is 4.81. The van der Waals surface area contributed by atoms with Gasteiger partial charge in [0.1, 0.15) is 17.2 Å². The zero-order chi connectivity index (χ0) is 28.3. The van der Waals surface area contributed by atoms with E-state index in [1.54, 1.807) is 31.4 Å². The van der Waals surface area contributed by atoms with E-state index < -0.39 is 5.97 Å². The number of hydrogen-bond acceptors (Lipinski definition) is 5. The van der Waals surface area contributed by atoms with Crippen LogP contribution in [0.5, 0.6) is 17.2 Å². The lowest BCUT2D eigenvalue weighted by Gasteiger charge is -2.06. The number of aromatic hydroxyl groups is 2. The molecule has 2 aromatic carbocycles. The quantitative estimate of drug-likeness (QED) is 0.106. The number of phenols is 2. The predicted molar refractivity (Wildman–Crippen MR) is 156 cm³/mol. The molecule has 6 nitrogen and oxygen atoms in total. The maximum absolute atomic E-state index is 12.0. The fraction of sp³-hybridized carbons (Fsp3) is 0.515. The van der Waals surface area contributed by atoms with Crippen molar-refractivity contribution in [2.24, 2.45) is 5.92 Å². The first-order chi connectivity index (χ1) is 18.9. The van der Waals surface area contributed by atoms with Crippen LogP contribution < -0.4 is 4.74 Å². The van der Waals surface area contributed by atoms with Crippen molar-refractivity contribution in [2.75, 3.05) is 7.11 Å². The Kier molecular flexibility index (Phi) is 15.5. The van der Waals surface area contributed by atoms with E-state index in [0.717, 1.165) is 36.1 Å². The van der Waals surface area contributed by atoms with E-state index in [-0.39, 0.29) is 29.3 Å². The van der Waals surface area contributed by atoms with Crippen molar-refractivity contribution in [1.29, 1.82) is 0 Å². The Bertz CT molecular complexity index is 1010. The molecule has 3 rings (SSSR count). The van der Waals surface area contributed by atoms with Gasteiger partial charge in [-0.05, 0) is 61.4 Å². The lowest BCUT2D eigenvalue weighted by molar-refractivity contribution is -0.137. The first-order valence-electron chi connectivity index (χ1n) is 14.5. The molecule has 2 aromatic rings. The lowest BCUT2D eigenvalue weighted by Crippen LogP contribution is -2.03. The van der Waals surface area contributed by atoms with E-state index >= 15 is 0 Å². The van der Waals surface area contributed by atoms with E-state index in [1.807, 2.05) is 0 Å². The molecule has 1 atom stereocenters. The number of benzene rings is 2. The summed E-state index contributed by atoms with van der Waals surface area (Å²) in [4.78, 5) is 22.4. The highest BCUT2D eigenvalue weighted by atomic mass is 16.5. The average Bonchev–Trinajstić information content (AvgIpc) is 3.43. The first-order valence-corrected chi connectivity index (χ1v) is 14.5. The van der Waals surface area contributed by atoms with Gasteiger partial charge >= 0.3 is 5.97 Å². The molecule has 6 heteroatoms. The second kappa shape index (κ2) is 18.9. The molecule has 1 aliphatic rings. The standard InChI is InChI=1S/C18H32O2.C15H14O4/c19-18(20)16-10-8-6-4-2-1-3-5-7-9-13-17-14-11-12-15-17;1-19-12-5-2-10(3-6-12)8-14(17)13-7-4-11(16)9-15(13)18/h11,14,17H,1-10,12-13,15-16H2,(H,19,20);2-7,9,16,18H,8H2,1H3. The number of phenolic OH excluding ortho intramolecular Hbond substituents is 2. The number of aliphatic carboxylic acids is 1. The highest BCUT2D eigenvalue weighted by molar-refractivity contribution is 6.00. The van der Waals surface area contributed by atoms with Crippen LogP contribution in [-0.2, 0) is 11.2 Å². The summed E-state index contributed by atoms with van der Waals surface area (Å²) in [5, 5.41) is 27.3. The number of carboxylic acids is 1. The molecule has 39 heavy (non-hydrogen) atoms. The minimum absolute atomic E-state index is 0.0708. The van der Waals surface area contributed by atoms with Crippen LogP contribution in [0.4, 0.5) is 0 Å². The third-order valence-electron chi connectivity index (χ3n) is 7.13. The van der Waals surface area contributed by atoms with Crippen LogP contribution in [0, 0.1) is 5.92 Å². The van der Waals surface area contributed by atoms with Crippen molar-refractivity contribution in [3.05, 3.63) is 65.7 Å². The van der Waals surface area contributed by atoms with Gasteiger partial charge in [-0.1, -0.05) is 82.1 Å². The monoisotopic (exact) mass is 538 g/mol. The van der Waals surface area contributed by atoms with Gasteiger partial charge in [0.15, 0.2) is 5.78 Å². The molecular weight excluding hydrogens is 492 g/mol. The molecule has 0 fully saturated rings. The van der Waals surface area contributed by atoms with Crippen molar-refractivity contribution in [3.8, 4) is 17.2 Å². The van der Waals surface area contributed by atoms with Crippen LogP contribution in [0.2, 0.25) is 0 Å². The average molecular weight is 539 g/mol. The maximum atomic E-state index is 12.0. The number of allylic oxidation sites excluding steroid dienone is 2. The highest BCUT2D eigenvalue weighted by Gasteiger charge is 2.12. The molecular formula is C33H46O6. The second-order valence-electron chi connectivity index (χ2n) is 10.4. The van der Waals surface area contributed by atoms with Crippen LogP contribution in [0.1, 0.15) is 106 Å². The number of methoxy groups -OCH3 is 1. The van der Waals surface area contributed by atoms with Gasteiger partial charge in [-0.25, -0.2) is 0 Å². The summed E-state index contributed by atoms with van der Waals surface area (Å²) >= 11 is 0. The largest absolute Gasteiger partial charge is 0.508 e. The Morgan fingerprint density at radius 1 is 0.846 bits per heavy atom. The molecule has 0 saturated carbocycles. The van der Waals surface area contributed by atoms with Crippen molar-refractivity contribution < 1.29 is 29.6 Å². The summed E-state index contributed by atoms with van der Waals surface area (Å²) in [6.45, 7) is 0. The van der Waals surface area contributed by atoms with Gasteiger partial charge < -0.3 is 20.1 Å². The van der Waals surface area contributed by atoms with Gasteiger partial charge in [-0.15, -0.1) is 0 Å². The van der Waals surface area contributed by atoms with E-state index in [2.05, 4.69) is 12.2 Å². The third kappa shape index (κ3) is 13.9. The van der Waals surface area contributed by atoms with Crippen LogP contribution >= 0.6 is 0 Å². The maximum Gasteiger partial charge on any atom is 0.303 e. The molecule has 214 valence electrons.